The van der Waals surface area contributed by atoms with Crippen LogP contribution in [-0.2, 0) is 146 Å². The van der Waals surface area contributed by atoms with Crippen molar-refractivity contribution < 1.29 is 164 Å². The number of ether oxygens (including phenoxy) is 24. The molecule has 47 nitrogen and oxygen atoms in total. The minimum Gasteiger partial charge on any atom is -0.399 e. The highest BCUT2D eigenvalue weighted by Gasteiger charge is 2.60. The number of nitrogens with zero attached hydrogens (tertiary/aromatic N) is 5. The Morgan fingerprint density at radius 3 is 1.64 bits per heavy atom. The van der Waals surface area contributed by atoms with E-state index in [2.05, 4.69) is 52.3 Å². The van der Waals surface area contributed by atoms with Crippen LogP contribution in [0.3, 0.4) is 0 Å². The molecule has 0 spiro atoms. The fraction of sp³-hybridized carbons (Fsp3) is 0.828. The third-order valence-corrected chi connectivity index (χ3v) is 24.6. The van der Waals surface area contributed by atoms with Crippen LogP contribution in [0, 0.1) is 5.53 Å². The maximum absolute atomic E-state index is 14.3. The molecular formula is C87H147N13O34S2. The van der Waals surface area contributed by atoms with Crippen molar-refractivity contribution in [2.75, 3.05) is 257 Å². The molecule has 9 rings (SSSR count). The van der Waals surface area contributed by atoms with Gasteiger partial charge in [-0.15, -0.1) is 5.10 Å². The van der Waals surface area contributed by atoms with Crippen molar-refractivity contribution >= 4 is 45.2 Å². The minimum atomic E-state index is -1.37. The molecule has 9 heterocycles. The van der Waals surface area contributed by atoms with Crippen molar-refractivity contribution in [1.82, 2.24) is 51.9 Å². The van der Waals surface area contributed by atoms with Crippen molar-refractivity contribution in [3.8, 4) is 0 Å². The molecule has 6 bridgehead atoms. The Labute approximate surface area is 801 Å². The topological polar surface area (TPSA) is 589 Å². The number of nitrogens with one attached hydrogen (secondary N) is 7. The zero-order chi connectivity index (χ0) is 96.4. The predicted octanol–water partition coefficient (Wildman–Crippen LogP) is -0.975. The molecule has 1 unspecified atom stereocenters. The number of nitrogens with two attached hydrogens (primary N) is 1. The first-order valence-corrected chi connectivity index (χ1v) is 49.3. The van der Waals surface area contributed by atoms with Gasteiger partial charge in [0.25, 0.3) is 6.48 Å². The van der Waals surface area contributed by atoms with Gasteiger partial charge in [0.1, 0.15) is 69.2 Å². The van der Waals surface area contributed by atoms with Gasteiger partial charge < -0.3 is 182 Å². The summed E-state index contributed by atoms with van der Waals surface area (Å²) < 4.78 is 140. The number of pyridine rings is 1. The number of unbranched alkanes of at least 4 members (excludes halogenated alkanes) is 6. The number of hydrogen-bond acceptors (Lipinski definition) is 44. The van der Waals surface area contributed by atoms with Gasteiger partial charge in [-0.25, -0.2) is 15.2 Å². The Balaban J connectivity index is 0.682. The summed E-state index contributed by atoms with van der Waals surface area (Å²) in [6, 6.07) is 4.68. The molecule has 0 saturated carbocycles. The number of aliphatic hydroxyl groups excluding tert-OH is 6. The number of carbonyl (C=O) groups is 4. The van der Waals surface area contributed by atoms with Gasteiger partial charge >= 0.3 is 0 Å². The molecule has 14 atom stereocenters. The number of fused-ring (bicyclic) bond motifs is 6. The maximum Gasteiger partial charge on any atom is 0.271 e. The first-order valence-electron chi connectivity index (χ1n) is 47.0. The van der Waals surface area contributed by atoms with E-state index in [1.165, 1.54) is 13.1 Å². The maximum atomic E-state index is 14.3. The summed E-state index contributed by atoms with van der Waals surface area (Å²) in [5.41, 5.74) is 10.7. The van der Waals surface area contributed by atoms with Crippen LogP contribution >= 0.6 is 21.6 Å². The van der Waals surface area contributed by atoms with Crippen LogP contribution in [0.5, 0.6) is 0 Å². The van der Waals surface area contributed by atoms with Gasteiger partial charge in [0.15, 0.2) is 18.9 Å². The van der Waals surface area contributed by atoms with Gasteiger partial charge in [0, 0.05) is 83.0 Å². The third kappa shape index (κ3) is 43.1. The van der Waals surface area contributed by atoms with Crippen LogP contribution in [0.1, 0.15) is 103 Å². The zero-order valence-electron chi connectivity index (χ0n) is 78.1. The van der Waals surface area contributed by atoms with Gasteiger partial charge in [0.05, 0.1) is 275 Å². The molecule has 0 aliphatic carbocycles. The van der Waals surface area contributed by atoms with E-state index < -0.39 is 96.3 Å². The Morgan fingerprint density at radius 2 is 1.07 bits per heavy atom. The molecule has 15 N–H and O–H groups in total. The summed E-state index contributed by atoms with van der Waals surface area (Å²) in [5.74, 6) is 0.139. The second kappa shape index (κ2) is 66.1. The summed E-state index contributed by atoms with van der Waals surface area (Å²) in [7, 11) is 3.42. The molecule has 7 fully saturated rings. The van der Waals surface area contributed by atoms with Crippen LogP contribution in [0.2, 0.25) is 0 Å². The number of aromatic nitrogens is 4. The fourth-order valence-corrected chi connectivity index (χ4v) is 17.0. The highest BCUT2D eigenvalue weighted by molar-refractivity contribution is 8.76. The molecule has 7 aliphatic heterocycles. The summed E-state index contributed by atoms with van der Waals surface area (Å²) in [4.78, 5) is 55.7. The quantitative estimate of drug-likeness (QED) is 0.0215. The normalized spacial score (nSPS) is 25.8. The smallest absolute Gasteiger partial charge is 0.271 e. The van der Waals surface area contributed by atoms with Gasteiger partial charge in [-0.2, -0.15) is 5.11 Å². The van der Waals surface area contributed by atoms with E-state index in [-0.39, 0.29) is 201 Å². The second-order valence-corrected chi connectivity index (χ2v) is 36.1. The standard InChI is InChI=1S/C87H147N13O34S2/c1-64(101)94-77-78(107)81(110)87(63-131-82(77)134-87)60-122-43-40-119-37-34-116-31-28-113-25-21-100-49-67(98-99-100)52-125-57-84(55-123-50-65(88)47-90-19-23-111-26-29-114-32-35-117-38-41-120-58-85-61-129-75(132-85)45-69(102)79(85)108,56-124-51-66(97-89)48-91-20-24-112-27-30-115-33-36-118-39-42-121-59-86-62-130-76(133-86)46-70(103)80(86)109)96-73(106)15-5-2-9-17-92-71(104)13-6-3-11-22-126-83-127-53-68(54-128-83)95-72(105)14-7-4-12-44-135-136-74-16-8-10-18-93-74/h8,10,16,18,47-49,68-70,75-83,89-91,102-103,107-110H,2-7,9,11-15,17,19-46,50-63,88H2,1H3,(H,92,104)(H,94,101)(H,95,105)(H,96,106)/b65-47-,66-48-,97-89?/t68?,69-,70-,75-,76-,77-,78-,79-,80-,81-,82+,83?,84?,85+,86+,87+/m1/s1. The molecule has 7 aliphatic rings. The van der Waals surface area contributed by atoms with E-state index in [1.54, 1.807) is 44.9 Å². The van der Waals surface area contributed by atoms with Crippen molar-refractivity contribution in [2.45, 2.75) is 211 Å². The molecule has 4 amide bonds. The van der Waals surface area contributed by atoms with Crippen molar-refractivity contribution in [3.05, 3.63) is 60.1 Å². The fourth-order valence-electron chi connectivity index (χ4n) is 15.0. The Kier molecular flexibility index (Phi) is 55.3. The number of rotatable bonds is 81. The molecule has 7 saturated heterocycles. The van der Waals surface area contributed by atoms with Crippen LogP contribution in [0.4, 0.5) is 0 Å². The molecule has 0 radical (unpaired) electrons. The highest BCUT2D eigenvalue weighted by atomic mass is 33.1. The Hall–Kier alpha value is -5.85. The van der Waals surface area contributed by atoms with E-state index in [4.69, 9.17) is 125 Å². The van der Waals surface area contributed by atoms with Gasteiger partial charge in [-0.05, 0) is 61.5 Å². The van der Waals surface area contributed by atoms with E-state index in [1.807, 2.05) is 18.2 Å². The lowest BCUT2D eigenvalue weighted by atomic mass is 9.88. The highest BCUT2D eigenvalue weighted by Crippen LogP contribution is 2.40. The molecular weight excluding hydrogens is 1840 g/mol. The van der Waals surface area contributed by atoms with Gasteiger partial charge in [0.2, 0.25) is 23.6 Å². The van der Waals surface area contributed by atoms with Crippen LogP contribution in [0.15, 0.2) is 64.5 Å². The van der Waals surface area contributed by atoms with E-state index in [0.29, 0.717) is 168 Å². The Bertz CT molecular complexity index is 3670. The number of aliphatic hydroxyl groups is 6. The number of hydrogen-bond donors (Lipinski definition) is 14. The monoisotopic (exact) mass is 1980 g/mol. The van der Waals surface area contributed by atoms with Gasteiger partial charge in [-0.1, -0.05) is 41.3 Å². The molecule has 0 aromatic carbocycles. The van der Waals surface area contributed by atoms with Gasteiger partial charge in [-0.3, -0.25) is 19.2 Å². The summed E-state index contributed by atoms with van der Waals surface area (Å²) in [6.45, 7) is 8.47. The van der Waals surface area contributed by atoms with E-state index >= 15 is 0 Å². The second-order valence-electron chi connectivity index (χ2n) is 33.6. The largest absolute Gasteiger partial charge is 0.399 e. The van der Waals surface area contributed by atoms with E-state index in [0.717, 1.165) is 36.5 Å². The van der Waals surface area contributed by atoms with Crippen molar-refractivity contribution in [1.29, 1.82) is 5.53 Å². The number of amides is 4. The SMILES string of the molecule is CC(=O)N[C@H]1[C@H]2OC[C@](COCCOCCOCCOCCn3cc(COCC(COC/C(N)=C/NCCOCCOCCOCCOC[C@]45CO[C@@H](C[C@@H](O)[C@H]4O)O5)(COC/C(=C/NCCOCCOCCOCCOC[C@]45CO[C@@H](C[C@@H](O)[C@H]4O)O5)N=N)NC(=O)CCCCCNC(=O)CCCCCOC4OCC(NC(=O)CCCCCSSc5ccccn5)CO4)nn3)(O2)[C@H](O)[C@@H]1O. The van der Waals surface area contributed by atoms with Crippen molar-refractivity contribution in [2.24, 2.45) is 10.8 Å². The molecule has 2 aromatic rings. The molecule has 49 heteroatoms. The lowest BCUT2D eigenvalue weighted by molar-refractivity contribution is -0.315. The summed E-state index contributed by atoms with van der Waals surface area (Å²) in [6.07, 6.45) is 5.66. The third-order valence-electron chi connectivity index (χ3n) is 22.2. The predicted molar refractivity (Wildman–Crippen MR) is 482 cm³/mol. The molecule has 2 aromatic heterocycles. The molecule has 776 valence electrons. The van der Waals surface area contributed by atoms with Crippen molar-refractivity contribution in [3.63, 3.8) is 0 Å². The summed E-state index contributed by atoms with van der Waals surface area (Å²) in [5, 5.41) is 93.9. The first-order chi connectivity index (χ1) is 66.3. The Morgan fingerprint density at radius 1 is 0.551 bits per heavy atom. The summed E-state index contributed by atoms with van der Waals surface area (Å²) >= 11 is 0. The minimum absolute atomic E-state index is 0.0198. The zero-order valence-corrected chi connectivity index (χ0v) is 79.7. The first kappa shape index (κ1) is 114. The van der Waals surface area contributed by atoms with Crippen LogP contribution < -0.4 is 37.6 Å². The van der Waals surface area contributed by atoms with E-state index in [9.17, 15) is 49.8 Å². The van der Waals surface area contributed by atoms with Crippen LogP contribution in [0.25, 0.3) is 0 Å². The molecule has 136 heavy (non-hydrogen) atoms. The lowest BCUT2D eigenvalue weighted by Crippen LogP contribution is -2.66. The average Bonchev–Trinajstić information content (AvgIpc) is 1.58. The average molecular weight is 1980 g/mol. The lowest BCUT2D eigenvalue weighted by Gasteiger charge is -2.42. The number of carbonyl (C=O) groups excluding carboxylic acids is 4. The van der Waals surface area contributed by atoms with Crippen LogP contribution in [-0.4, -0.2) is 427 Å².